The normalized spacial score (nSPS) is 23.4. The Kier molecular flexibility index (Phi) is 5.22. The second-order valence-electron chi connectivity index (χ2n) is 4.52. The highest BCUT2D eigenvalue weighted by molar-refractivity contribution is 5.80. The number of methoxy groups -OCH3 is 1. The summed E-state index contributed by atoms with van der Waals surface area (Å²) in [6.07, 6.45) is 2.12. The fraction of sp³-hybridized carbons (Fsp3) is 0.917. The van der Waals surface area contributed by atoms with Crippen LogP contribution in [0.3, 0.4) is 0 Å². The molecular formula is C12H24N2O2. The van der Waals surface area contributed by atoms with Gasteiger partial charge in [0, 0.05) is 26.7 Å². The molecule has 0 aliphatic carbocycles. The Morgan fingerprint density at radius 3 is 2.88 bits per heavy atom. The van der Waals surface area contributed by atoms with Crippen molar-refractivity contribution in [3.63, 3.8) is 0 Å². The average molecular weight is 228 g/mol. The first-order valence-electron chi connectivity index (χ1n) is 6.12. The van der Waals surface area contributed by atoms with Crippen LogP contribution in [0, 0.1) is 0 Å². The van der Waals surface area contributed by atoms with Crippen molar-refractivity contribution < 1.29 is 9.53 Å². The minimum Gasteiger partial charge on any atom is -0.372 e. The van der Waals surface area contributed by atoms with Crippen molar-refractivity contribution in [1.82, 2.24) is 9.80 Å². The number of nitrogens with zero attached hydrogens (tertiary/aromatic N) is 2. The molecule has 1 amide bonds. The quantitative estimate of drug-likeness (QED) is 0.703. The van der Waals surface area contributed by atoms with Crippen LogP contribution in [0.5, 0.6) is 0 Å². The van der Waals surface area contributed by atoms with E-state index < -0.39 is 0 Å². The molecular weight excluding hydrogens is 204 g/mol. The van der Waals surface area contributed by atoms with Crippen molar-refractivity contribution in [2.24, 2.45) is 0 Å². The minimum absolute atomic E-state index is 0.0745. The summed E-state index contributed by atoms with van der Waals surface area (Å²) in [5.41, 5.74) is 0. The predicted octanol–water partition coefficient (Wildman–Crippen LogP) is 0.964. The van der Waals surface area contributed by atoms with Gasteiger partial charge in [-0.2, -0.15) is 0 Å². The predicted molar refractivity (Wildman–Crippen MR) is 64.4 cm³/mol. The van der Waals surface area contributed by atoms with E-state index >= 15 is 0 Å². The highest BCUT2D eigenvalue weighted by Gasteiger charge is 2.26. The van der Waals surface area contributed by atoms with Crippen LogP contribution in [-0.4, -0.2) is 61.6 Å². The lowest BCUT2D eigenvalue weighted by atomic mass is 10.2. The van der Waals surface area contributed by atoms with Crippen LogP contribution >= 0.6 is 0 Å². The molecule has 2 atom stereocenters. The van der Waals surface area contributed by atoms with Gasteiger partial charge in [-0.15, -0.1) is 0 Å². The number of rotatable bonds is 5. The van der Waals surface area contributed by atoms with Crippen molar-refractivity contribution in [3.8, 4) is 0 Å². The number of carbonyl (C=O) groups excluding carboxylic acids is 1. The molecule has 1 saturated heterocycles. The molecule has 0 spiro atoms. The molecule has 4 nitrogen and oxygen atoms in total. The lowest BCUT2D eigenvalue weighted by Crippen LogP contribution is -2.44. The highest BCUT2D eigenvalue weighted by Crippen LogP contribution is 2.17. The molecule has 2 unspecified atom stereocenters. The maximum Gasteiger partial charge on any atom is 0.251 e. The zero-order valence-electron chi connectivity index (χ0n) is 10.9. The zero-order valence-corrected chi connectivity index (χ0v) is 10.9. The molecule has 1 heterocycles. The molecule has 16 heavy (non-hydrogen) atoms. The maximum absolute atomic E-state index is 11.8. The van der Waals surface area contributed by atoms with Gasteiger partial charge >= 0.3 is 0 Å². The first-order valence-corrected chi connectivity index (χ1v) is 6.12. The van der Waals surface area contributed by atoms with Crippen LogP contribution in [0.15, 0.2) is 0 Å². The van der Waals surface area contributed by atoms with E-state index in [9.17, 15) is 4.79 Å². The van der Waals surface area contributed by atoms with E-state index in [0.717, 1.165) is 13.1 Å². The van der Waals surface area contributed by atoms with Crippen LogP contribution < -0.4 is 0 Å². The molecule has 0 aromatic rings. The fourth-order valence-electron chi connectivity index (χ4n) is 2.34. The molecule has 0 saturated carbocycles. The molecule has 0 aromatic heterocycles. The summed E-state index contributed by atoms with van der Waals surface area (Å²) in [6, 6.07) is 0.531. The van der Waals surface area contributed by atoms with Crippen molar-refractivity contribution in [1.29, 1.82) is 0 Å². The first kappa shape index (κ1) is 13.5. The number of likely N-dealkylation sites (tertiary alicyclic amines) is 1. The second-order valence-corrected chi connectivity index (χ2v) is 4.52. The monoisotopic (exact) mass is 228 g/mol. The van der Waals surface area contributed by atoms with E-state index in [4.69, 9.17) is 4.74 Å². The molecule has 1 aliphatic heterocycles. The Morgan fingerprint density at radius 1 is 1.62 bits per heavy atom. The van der Waals surface area contributed by atoms with E-state index in [-0.39, 0.29) is 12.0 Å². The van der Waals surface area contributed by atoms with Gasteiger partial charge in [-0.25, -0.2) is 0 Å². The smallest absolute Gasteiger partial charge is 0.251 e. The van der Waals surface area contributed by atoms with E-state index in [2.05, 4.69) is 11.8 Å². The Balaban J connectivity index is 2.44. The van der Waals surface area contributed by atoms with Crippen molar-refractivity contribution in [2.75, 3.05) is 33.8 Å². The third-order valence-corrected chi connectivity index (χ3v) is 3.47. The Hall–Kier alpha value is -0.610. The minimum atomic E-state index is -0.332. The Morgan fingerprint density at radius 2 is 2.31 bits per heavy atom. The highest BCUT2D eigenvalue weighted by atomic mass is 16.5. The second kappa shape index (κ2) is 6.21. The molecule has 0 bridgehead atoms. The zero-order chi connectivity index (χ0) is 12.1. The SMILES string of the molecule is CCN1CCCC1CN(C)C(=O)C(C)OC. The van der Waals surface area contributed by atoms with Crippen LogP contribution in [0.1, 0.15) is 26.7 Å². The van der Waals surface area contributed by atoms with Gasteiger partial charge < -0.3 is 9.64 Å². The van der Waals surface area contributed by atoms with E-state index in [1.54, 1.807) is 18.9 Å². The number of hydrogen-bond acceptors (Lipinski definition) is 3. The summed E-state index contributed by atoms with van der Waals surface area (Å²) < 4.78 is 5.05. The van der Waals surface area contributed by atoms with Crippen molar-refractivity contribution >= 4 is 5.91 Å². The lowest BCUT2D eigenvalue weighted by molar-refractivity contribution is -0.140. The summed E-state index contributed by atoms with van der Waals surface area (Å²) in [4.78, 5) is 16.1. The lowest BCUT2D eigenvalue weighted by Gasteiger charge is -2.28. The van der Waals surface area contributed by atoms with Gasteiger partial charge in [0.2, 0.25) is 0 Å². The van der Waals surface area contributed by atoms with Crippen molar-refractivity contribution in [2.45, 2.75) is 38.8 Å². The Labute approximate surface area is 98.5 Å². The Bertz CT molecular complexity index is 233. The molecule has 0 aromatic carbocycles. The maximum atomic E-state index is 11.8. The first-order chi connectivity index (χ1) is 7.60. The number of likely N-dealkylation sites (N-methyl/N-ethyl adjacent to an activating group) is 2. The summed E-state index contributed by atoms with van der Waals surface area (Å²) in [7, 11) is 3.44. The third-order valence-electron chi connectivity index (χ3n) is 3.47. The van der Waals surface area contributed by atoms with Gasteiger partial charge in [-0.05, 0) is 32.9 Å². The largest absolute Gasteiger partial charge is 0.372 e. The standard InChI is InChI=1S/C12H24N2O2/c1-5-14-8-6-7-11(14)9-13(3)12(15)10(2)16-4/h10-11H,5-9H2,1-4H3. The molecule has 0 N–H and O–H groups in total. The average Bonchev–Trinajstić information content (AvgIpc) is 2.74. The van der Waals surface area contributed by atoms with Crippen LogP contribution in [-0.2, 0) is 9.53 Å². The summed E-state index contributed by atoms with van der Waals surface area (Å²) in [5, 5.41) is 0. The number of carbonyl (C=O) groups is 1. The topological polar surface area (TPSA) is 32.8 Å². The van der Waals surface area contributed by atoms with Crippen LogP contribution in [0.4, 0.5) is 0 Å². The van der Waals surface area contributed by atoms with Gasteiger partial charge in [0.05, 0.1) is 0 Å². The number of hydrogen-bond donors (Lipinski definition) is 0. The molecule has 1 fully saturated rings. The molecule has 4 heteroatoms. The molecule has 94 valence electrons. The summed E-state index contributed by atoms with van der Waals surface area (Å²) in [5.74, 6) is 0.0745. The summed E-state index contributed by atoms with van der Waals surface area (Å²) in [6.45, 7) is 7.04. The number of amides is 1. The van der Waals surface area contributed by atoms with Crippen molar-refractivity contribution in [3.05, 3.63) is 0 Å². The van der Waals surface area contributed by atoms with Gasteiger partial charge in [-0.1, -0.05) is 6.92 Å². The fourth-order valence-corrected chi connectivity index (χ4v) is 2.34. The molecule has 1 rings (SSSR count). The molecule has 1 aliphatic rings. The van der Waals surface area contributed by atoms with Gasteiger partial charge in [0.25, 0.3) is 5.91 Å². The van der Waals surface area contributed by atoms with E-state index in [0.29, 0.717) is 6.04 Å². The van der Waals surface area contributed by atoms with Crippen LogP contribution in [0.2, 0.25) is 0 Å². The van der Waals surface area contributed by atoms with E-state index in [1.807, 2.05) is 7.05 Å². The van der Waals surface area contributed by atoms with Gasteiger partial charge in [0.1, 0.15) is 6.10 Å². The van der Waals surface area contributed by atoms with Crippen LogP contribution in [0.25, 0.3) is 0 Å². The van der Waals surface area contributed by atoms with E-state index in [1.165, 1.54) is 19.4 Å². The molecule has 0 radical (unpaired) electrons. The number of ether oxygens (including phenoxy) is 1. The van der Waals surface area contributed by atoms with Gasteiger partial charge in [-0.3, -0.25) is 9.69 Å². The van der Waals surface area contributed by atoms with Gasteiger partial charge in [0.15, 0.2) is 0 Å². The third kappa shape index (κ3) is 3.19. The summed E-state index contributed by atoms with van der Waals surface area (Å²) >= 11 is 0.